The van der Waals surface area contributed by atoms with E-state index in [1.807, 2.05) is 6.92 Å². The summed E-state index contributed by atoms with van der Waals surface area (Å²) in [6.07, 6.45) is 0. The van der Waals surface area contributed by atoms with Gasteiger partial charge in [-0.15, -0.1) is 0 Å². The number of nitrogens with one attached hydrogen (secondary N) is 1. The Bertz CT molecular complexity index is 581. The first-order valence-electron chi connectivity index (χ1n) is 6.10. The summed E-state index contributed by atoms with van der Waals surface area (Å²) >= 11 is 5.85. The molecule has 1 atom stereocenters. The average Bonchev–Trinajstić information content (AvgIpc) is 2.36. The first-order chi connectivity index (χ1) is 8.97. The minimum Gasteiger partial charge on any atom is -0.394 e. The second-order valence-electron chi connectivity index (χ2n) is 4.62. The molecule has 0 aliphatic carbocycles. The van der Waals surface area contributed by atoms with E-state index in [2.05, 4.69) is 53.4 Å². The van der Waals surface area contributed by atoms with Gasteiger partial charge in [0.15, 0.2) is 5.82 Å². The van der Waals surface area contributed by atoms with Gasteiger partial charge in [-0.1, -0.05) is 29.8 Å². The van der Waals surface area contributed by atoms with Crippen molar-refractivity contribution in [3.8, 4) is 0 Å². The summed E-state index contributed by atoms with van der Waals surface area (Å²) in [5, 5.41) is 3.47. The second-order valence-corrected chi connectivity index (χ2v) is 4.96. The summed E-state index contributed by atoms with van der Waals surface area (Å²) in [5.74, 6) is 0.575. The molecule has 0 aliphatic heterocycles. The average molecular weight is 277 g/mol. The smallest absolute Gasteiger partial charge is 0.224 e. The molecule has 4 nitrogen and oxygen atoms in total. The third-order valence-corrected chi connectivity index (χ3v) is 3.21. The van der Waals surface area contributed by atoms with Crippen LogP contribution < -0.4 is 11.1 Å². The quantitative estimate of drug-likeness (QED) is 0.842. The maximum absolute atomic E-state index is 5.96. The molecular formula is C14H17ClN4. The summed E-state index contributed by atoms with van der Waals surface area (Å²) in [4.78, 5) is 8.15. The normalized spacial score (nSPS) is 12.2. The molecule has 5 heteroatoms. The molecule has 0 amide bonds. The van der Waals surface area contributed by atoms with Gasteiger partial charge in [-0.25, -0.2) is 4.98 Å². The predicted molar refractivity (Wildman–Crippen MR) is 79.4 cm³/mol. The zero-order chi connectivity index (χ0) is 14.0. The Labute approximate surface area is 118 Å². The van der Waals surface area contributed by atoms with Crippen LogP contribution in [0.25, 0.3) is 0 Å². The summed E-state index contributed by atoms with van der Waals surface area (Å²) in [7, 11) is 0. The second kappa shape index (κ2) is 5.45. The highest BCUT2D eigenvalue weighted by molar-refractivity contribution is 6.28. The van der Waals surface area contributed by atoms with Crippen LogP contribution in [0.15, 0.2) is 24.3 Å². The van der Waals surface area contributed by atoms with E-state index in [-0.39, 0.29) is 11.3 Å². The van der Waals surface area contributed by atoms with E-state index < -0.39 is 0 Å². The number of aryl methyl sites for hydroxylation is 2. The van der Waals surface area contributed by atoms with Gasteiger partial charge in [-0.2, -0.15) is 4.98 Å². The number of benzene rings is 1. The number of rotatable bonds is 3. The molecule has 3 N–H and O–H groups in total. The highest BCUT2D eigenvalue weighted by atomic mass is 35.5. The zero-order valence-corrected chi connectivity index (χ0v) is 12.0. The molecule has 0 bridgehead atoms. The van der Waals surface area contributed by atoms with Crippen LogP contribution in [0.3, 0.4) is 0 Å². The molecule has 1 aromatic carbocycles. The topological polar surface area (TPSA) is 63.8 Å². The van der Waals surface area contributed by atoms with E-state index >= 15 is 0 Å². The van der Waals surface area contributed by atoms with Crippen LogP contribution in [-0.2, 0) is 0 Å². The Hall–Kier alpha value is -1.81. The van der Waals surface area contributed by atoms with Crippen LogP contribution in [0.1, 0.15) is 29.8 Å². The number of anilines is 2. The maximum Gasteiger partial charge on any atom is 0.224 e. The Morgan fingerprint density at radius 1 is 1.16 bits per heavy atom. The molecule has 1 aromatic heterocycles. The summed E-state index contributed by atoms with van der Waals surface area (Å²) in [6.45, 7) is 5.92. The Kier molecular flexibility index (Phi) is 3.90. The lowest BCUT2D eigenvalue weighted by Gasteiger charge is -2.17. The third-order valence-electron chi connectivity index (χ3n) is 3.04. The molecule has 1 heterocycles. The van der Waals surface area contributed by atoms with Crippen molar-refractivity contribution in [2.75, 3.05) is 11.1 Å². The van der Waals surface area contributed by atoms with Crippen molar-refractivity contribution < 1.29 is 0 Å². The molecule has 2 aromatic rings. The zero-order valence-electron chi connectivity index (χ0n) is 11.2. The van der Waals surface area contributed by atoms with Crippen LogP contribution in [0.4, 0.5) is 11.5 Å². The number of aromatic nitrogens is 2. The van der Waals surface area contributed by atoms with Gasteiger partial charge >= 0.3 is 0 Å². The number of halogens is 1. The number of nitrogens with two attached hydrogens (primary N) is 1. The third kappa shape index (κ3) is 3.15. The van der Waals surface area contributed by atoms with Crippen LogP contribution >= 0.6 is 11.6 Å². The molecule has 0 fully saturated rings. The highest BCUT2D eigenvalue weighted by Gasteiger charge is 2.11. The molecule has 100 valence electrons. The fourth-order valence-electron chi connectivity index (χ4n) is 1.80. The molecule has 19 heavy (non-hydrogen) atoms. The van der Waals surface area contributed by atoms with E-state index in [1.54, 1.807) is 0 Å². The lowest BCUT2D eigenvalue weighted by molar-refractivity contribution is 0.871. The van der Waals surface area contributed by atoms with E-state index in [1.165, 1.54) is 5.56 Å². The van der Waals surface area contributed by atoms with Gasteiger partial charge in [0, 0.05) is 0 Å². The lowest BCUT2D eigenvalue weighted by Crippen LogP contribution is -2.11. The van der Waals surface area contributed by atoms with Crippen LogP contribution in [-0.4, -0.2) is 9.97 Å². The van der Waals surface area contributed by atoms with E-state index in [0.29, 0.717) is 17.2 Å². The summed E-state index contributed by atoms with van der Waals surface area (Å²) in [5.41, 5.74) is 9.56. The summed E-state index contributed by atoms with van der Waals surface area (Å²) < 4.78 is 0. The van der Waals surface area contributed by atoms with Gasteiger partial charge in [0.25, 0.3) is 0 Å². The fraction of sp³-hybridized carbons (Fsp3) is 0.286. The standard InChI is InChI=1S/C14H17ClN4/c1-8-4-6-11(7-5-8)9(2)17-13-12(16)10(3)18-14(15)19-13/h4-7,9H,16H2,1-3H3,(H,17,18,19). The van der Waals surface area contributed by atoms with Gasteiger partial charge < -0.3 is 11.1 Å². The Morgan fingerprint density at radius 2 is 1.79 bits per heavy atom. The van der Waals surface area contributed by atoms with Gasteiger partial charge in [0.1, 0.15) is 0 Å². The highest BCUT2D eigenvalue weighted by Crippen LogP contribution is 2.25. The van der Waals surface area contributed by atoms with Crippen molar-refractivity contribution in [3.63, 3.8) is 0 Å². The van der Waals surface area contributed by atoms with Gasteiger partial charge in [0.05, 0.1) is 17.4 Å². The van der Waals surface area contributed by atoms with Crippen molar-refractivity contribution in [1.29, 1.82) is 0 Å². The molecular weight excluding hydrogens is 260 g/mol. The summed E-state index contributed by atoms with van der Waals surface area (Å²) in [6, 6.07) is 8.41. The number of hydrogen-bond acceptors (Lipinski definition) is 4. The number of nitrogen functional groups attached to an aromatic ring is 1. The Balaban J connectivity index is 2.23. The SMILES string of the molecule is Cc1ccc(C(C)Nc2nc(Cl)nc(C)c2N)cc1. The van der Waals surface area contributed by atoms with Crippen LogP contribution in [0, 0.1) is 13.8 Å². The van der Waals surface area contributed by atoms with Crippen LogP contribution in [0.2, 0.25) is 5.28 Å². The number of nitrogens with zero attached hydrogens (tertiary/aromatic N) is 2. The van der Waals surface area contributed by atoms with E-state index in [4.69, 9.17) is 17.3 Å². The van der Waals surface area contributed by atoms with Crippen LogP contribution in [0.5, 0.6) is 0 Å². The van der Waals surface area contributed by atoms with Gasteiger partial charge in [-0.3, -0.25) is 0 Å². The van der Waals surface area contributed by atoms with E-state index in [9.17, 15) is 0 Å². The first kappa shape index (κ1) is 13.6. The monoisotopic (exact) mass is 276 g/mol. The Morgan fingerprint density at radius 3 is 2.42 bits per heavy atom. The molecule has 2 rings (SSSR count). The molecule has 0 aliphatic rings. The van der Waals surface area contributed by atoms with Crippen molar-refractivity contribution in [1.82, 2.24) is 9.97 Å². The van der Waals surface area contributed by atoms with Crippen molar-refractivity contribution in [2.45, 2.75) is 26.8 Å². The van der Waals surface area contributed by atoms with Crippen molar-refractivity contribution in [3.05, 3.63) is 46.4 Å². The largest absolute Gasteiger partial charge is 0.394 e. The predicted octanol–water partition coefficient (Wildman–Crippen LogP) is 3.50. The molecule has 0 saturated heterocycles. The van der Waals surface area contributed by atoms with Crippen molar-refractivity contribution >= 4 is 23.1 Å². The molecule has 0 spiro atoms. The van der Waals surface area contributed by atoms with E-state index in [0.717, 1.165) is 5.56 Å². The maximum atomic E-state index is 5.96. The minimum absolute atomic E-state index is 0.0910. The first-order valence-corrected chi connectivity index (χ1v) is 6.48. The number of hydrogen-bond donors (Lipinski definition) is 2. The van der Waals surface area contributed by atoms with Gasteiger partial charge in [-0.05, 0) is 37.9 Å². The van der Waals surface area contributed by atoms with Crippen molar-refractivity contribution in [2.24, 2.45) is 0 Å². The molecule has 0 radical (unpaired) electrons. The minimum atomic E-state index is 0.0910. The molecule has 0 saturated carbocycles. The molecule has 1 unspecified atom stereocenters. The fourth-order valence-corrected chi connectivity index (χ4v) is 2.01. The lowest BCUT2D eigenvalue weighted by atomic mass is 10.1. The van der Waals surface area contributed by atoms with Gasteiger partial charge in [0.2, 0.25) is 5.28 Å².